The number of thiophene rings is 1. The Hall–Kier alpha value is -2.17. The van der Waals surface area contributed by atoms with Crippen LogP contribution in [0.4, 0.5) is 0 Å². The Morgan fingerprint density at radius 1 is 1.31 bits per heavy atom. The molecule has 4 rings (SSSR count). The highest BCUT2D eigenvalue weighted by Gasteiger charge is 2.30. The van der Waals surface area contributed by atoms with Crippen LogP contribution in [0.25, 0.3) is 15.9 Å². The molecule has 1 N–H and O–H groups in total. The third-order valence-electron chi connectivity index (χ3n) is 4.71. The van der Waals surface area contributed by atoms with Gasteiger partial charge in [-0.2, -0.15) is 0 Å². The van der Waals surface area contributed by atoms with Crippen LogP contribution in [0.1, 0.15) is 13.3 Å². The molecule has 0 saturated carbocycles. The van der Waals surface area contributed by atoms with Crippen LogP contribution in [0.2, 0.25) is 0 Å². The Labute approximate surface area is 176 Å². The van der Waals surface area contributed by atoms with Gasteiger partial charge in [0.15, 0.2) is 15.0 Å². The van der Waals surface area contributed by atoms with Crippen LogP contribution < -0.4 is 10.9 Å². The molecule has 1 aliphatic heterocycles. The zero-order valence-electron chi connectivity index (χ0n) is 15.6. The quantitative estimate of drug-likeness (QED) is 0.474. The number of carbonyl (C=O) groups is 1. The van der Waals surface area contributed by atoms with Gasteiger partial charge in [0.1, 0.15) is 4.83 Å². The van der Waals surface area contributed by atoms with E-state index in [1.807, 2.05) is 35.7 Å². The molecule has 1 aromatic carbocycles. The highest BCUT2D eigenvalue weighted by atomic mass is 32.2. The molecule has 2 atom stereocenters. The summed E-state index contributed by atoms with van der Waals surface area (Å²) in [7, 11) is -3.07. The van der Waals surface area contributed by atoms with Gasteiger partial charge in [0.05, 0.1) is 27.8 Å². The summed E-state index contributed by atoms with van der Waals surface area (Å²) in [5, 5.41) is 5.05. The maximum Gasteiger partial charge on any atom is 0.267 e. The first-order valence-electron chi connectivity index (χ1n) is 9.07. The topological polar surface area (TPSA) is 98.1 Å². The molecule has 10 heteroatoms. The lowest BCUT2D eigenvalue weighted by molar-refractivity contribution is -0.120. The van der Waals surface area contributed by atoms with Crippen molar-refractivity contribution in [2.45, 2.75) is 29.8 Å². The summed E-state index contributed by atoms with van der Waals surface area (Å²) in [6, 6.07) is 10.6. The lowest BCUT2D eigenvalue weighted by Crippen LogP contribution is -2.40. The summed E-state index contributed by atoms with van der Waals surface area (Å²) >= 11 is 2.56. The van der Waals surface area contributed by atoms with Crippen molar-refractivity contribution in [1.82, 2.24) is 14.9 Å². The van der Waals surface area contributed by atoms with E-state index in [1.165, 1.54) is 27.7 Å². The average molecular weight is 450 g/mol. The fourth-order valence-electron chi connectivity index (χ4n) is 3.22. The number of nitrogens with zero attached hydrogens (tertiary/aromatic N) is 2. The van der Waals surface area contributed by atoms with Crippen molar-refractivity contribution in [2.75, 3.05) is 11.5 Å². The van der Waals surface area contributed by atoms with Gasteiger partial charge in [-0.3, -0.25) is 14.2 Å². The van der Waals surface area contributed by atoms with Gasteiger partial charge in [0.2, 0.25) is 5.91 Å². The van der Waals surface area contributed by atoms with Crippen LogP contribution in [0.15, 0.2) is 51.7 Å². The van der Waals surface area contributed by atoms with E-state index in [0.29, 0.717) is 27.5 Å². The minimum atomic E-state index is -3.07. The number of hydrogen-bond donors (Lipinski definition) is 1. The van der Waals surface area contributed by atoms with Gasteiger partial charge < -0.3 is 5.32 Å². The molecule has 0 aliphatic carbocycles. The molecule has 0 radical (unpaired) electrons. The molecule has 1 aliphatic rings. The summed E-state index contributed by atoms with van der Waals surface area (Å²) in [6.45, 7) is 1.73. The number of hydrogen-bond acceptors (Lipinski definition) is 7. The zero-order valence-corrected chi connectivity index (χ0v) is 18.0. The second kappa shape index (κ2) is 7.92. The van der Waals surface area contributed by atoms with E-state index < -0.39 is 15.1 Å². The lowest BCUT2D eigenvalue weighted by atomic mass is 10.2. The van der Waals surface area contributed by atoms with E-state index in [4.69, 9.17) is 0 Å². The highest BCUT2D eigenvalue weighted by Crippen LogP contribution is 2.27. The minimum Gasteiger partial charge on any atom is -0.351 e. The smallest absolute Gasteiger partial charge is 0.267 e. The monoisotopic (exact) mass is 449 g/mol. The van der Waals surface area contributed by atoms with Gasteiger partial charge in [-0.1, -0.05) is 30.0 Å². The summed E-state index contributed by atoms with van der Waals surface area (Å²) in [4.78, 5) is 30.9. The summed E-state index contributed by atoms with van der Waals surface area (Å²) in [5.41, 5.74) is 0.495. The molecule has 0 bridgehead atoms. The number of amides is 1. The molecule has 1 saturated heterocycles. The number of para-hydroxylation sites is 1. The fourth-order valence-corrected chi connectivity index (χ4v) is 6.63. The van der Waals surface area contributed by atoms with E-state index in [2.05, 4.69) is 10.3 Å². The van der Waals surface area contributed by atoms with Crippen molar-refractivity contribution in [2.24, 2.45) is 0 Å². The van der Waals surface area contributed by atoms with Gasteiger partial charge in [-0.25, -0.2) is 13.4 Å². The average Bonchev–Trinajstić information content (AvgIpc) is 3.28. The van der Waals surface area contributed by atoms with Crippen LogP contribution in [0, 0.1) is 0 Å². The van der Waals surface area contributed by atoms with Crippen molar-refractivity contribution in [3.63, 3.8) is 0 Å². The van der Waals surface area contributed by atoms with Crippen LogP contribution in [-0.4, -0.2) is 46.7 Å². The zero-order chi connectivity index (χ0) is 20.6. The van der Waals surface area contributed by atoms with Crippen molar-refractivity contribution in [1.29, 1.82) is 0 Å². The molecule has 3 heterocycles. The number of nitrogens with one attached hydrogen (secondary N) is 1. The predicted octanol–water partition coefficient (Wildman–Crippen LogP) is 2.23. The number of aromatic nitrogens is 2. The van der Waals surface area contributed by atoms with E-state index in [9.17, 15) is 18.0 Å². The van der Waals surface area contributed by atoms with Gasteiger partial charge >= 0.3 is 0 Å². The number of thioether (sulfide) groups is 1. The first-order chi connectivity index (χ1) is 13.8. The fraction of sp³-hybridized carbons (Fsp3) is 0.316. The van der Waals surface area contributed by atoms with Crippen molar-refractivity contribution < 1.29 is 13.2 Å². The molecule has 2 aromatic heterocycles. The summed E-state index contributed by atoms with van der Waals surface area (Å²) in [5.74, 6) is -0.189. The van der Waals surface area contributed by atoms with Crippen molar-refractivity contribution >= 4 is 49.1 Å². The number of rotatable bonds is 5. The highest BCUT2D eigenvalue weighted by molar-refractivity contribution is 8.00. The molecule has 152 valence electrons. The maximum atomic E-state index is 13.1. The van der Waals surface area contributed by atoms with Crippen LogP contribution in [0.5, 0.6) is 0 Å². The van der Waals surface area contributed by atoms with Gasteiger partial charge in [-0.15, -0.1) is 11.3 Å². The standard InChI is InChI=1S/C19H19N3O4S3/c1-12(16(23)20-13-8-10-29(25,26)11-13)28-19-21-17-15(7-9-27-17)18(24)22(19)14-5-3-2-4-6-14/h2-7,9,12-13H,8,10-11H2,1H3,(H,20,23). The van der Waals surface area contributed by atoms with E-state index in [0.717, 1.165) is 0 Å². The Bertz CT molecular complexity index is 1220. The molecular formula is C19H19N3O4S3. The third-order valence-corrected chi connectivity index (χ3v) is 8.34. The molecule has 3 aromatic rings. The van der Waals surface area contributed by atoms with E-state index >= 15 is 0 Å². The molecule has 7 nitrogen and oxygen atoms in total. The molecule has 29 heavy (non-hydrogen) atoms. The lowest BCUT2D eigenvalue weighted by Gasteiger charge is -2.17. The molecule has 1 fully saturated rings. The number of carbonyl (C=O) groups excluding carboxylic acids is 1. The second-order valence-electron chi connectivity index (χ2n) is 6.88. The molecule has 2 unspecified atom stereocenters. The Morgan fingerprint density at radius 3 is 2.76 bits per heavy atom. The second-order valence-corrected chi connectivity index (χ2v) is 11.3. The van der Waals surface area contributed by atoms with E-state index in [1.54, 1.807) is 13.0 Å². The van der Waals surface area contributed by atoms with Gasteiger partial charge in [-0.05, 0) is 36.9 Å². The Morgan fingerprint density at radius 2 is 2.07 bits per heavy atom. The number of sulfone groups is 1. The predicted molar refractivity (Wildman–Crippen MR) is 116 cm³/mol. The largest absolute Gasteiger partial charge is 0.351 e. The summed E-state index contributed by atoms with van der Waals surface area (Å²) in [6.07, 6.45) is 0.430. The van der Waals surface area contributed by atoms with Gasteiger partial charge in [0, 0.05) is 6.04 Å². The van der Waals surface area contributed by atoms with Crippen molar-refractivity contribution in [3.05, 3.63) is 52.1 Å². The summed E-state index contributed by atoms with van der Waals surface area (Å²) < 4.78 is 24.8. The maximum absolute atomic E-state index is 13.1. The Balaban J connectivity index is 1.63. The number of fused-ring (bicyclic) bond motifs is 1. The molecule has 0 spiro atoms. The minimum absolute atomic E-state index is 0.0236. The normalized spacial score (nSPS) is 19.3. The van der Waals surface area contributed by atoms with Crippen LogP contribution in [0.3, 0.4) is 0 Å². The van der Waals surface area contributed by atoms with E-state index in [-0.39, 0.29) is 29.0 Å². The SMILES string of the molecule is CC(Sc1nc2sccc2c(=O)n1-c1ccccc1)C(=O)NC1CCS(=O)(=O)C1. The van der Waals surface area contributed by atoms with Gasteiger partial charge in [0.25, 0.3) is 5.56 Å². The van der Waals surface area contributed by atoms with Crippen molar-refractivity contribution in [3.8, 4) is 5.69 Å². The third kappa shape index (κ3) is 4.24. The Kier molecular flexibility index (Phi) is 5.50. The number of benzene rings is 1. The van der Waals surface area contributed by atoms with Crippen LogP contribution in [-0.2, 0) is 14.6 Å². The molecular weight excluding hydrogens is 430 g/mol. The first kappa shape index (κ1) is 20.1. The van der Waals surface area contributed by atoms with Crippen LogP contribution >= 0.6 is 23.1 Å². The first-order valence-corrected chi connectivity index (χ1v) is 12.7. The molecule has 1 amide bonds.